The zero-order valence-electron chi connectivity index (χ0n) is 10.5. The molecule has 19 heavy (non-hydrogen) atoms. The van der Waals surface area contributed by atoms with Crippen LogP contribution in [-0.4, -0.2) is 4.92 Å². The molecular weight excluding hydrogens is 284 g/mol. The van der Waals surface area contributed by atoms with Crippen molar-refractivity contribution in [2.45, 2.75) is 19.9 Å². The van der Waals surface area contributed by atoms with E-state index in [0.29, 0.717) is 5.56 Å². The number of nitro groups is 1. The van der Waals surface area contributed by atoms with Crippen LogP contribution in [0.15, 0.2) is 30.3 Å². The van der Waals surface area contributed by atoms with Crippen LogP contribution >= 0.6 is 22.9 Å². The van der Waals surface area contributed by atoms with Crippen LogP contribution in [0.5, 0.6) is 0 Å². The van der Waals surface area contributed by atoms with Gasteiger partial charge in [-0.15, -0.1) is 11.3 Å². The molecule has 4 nitrogen and oxygen atoms in total. The van der Waals surface area contributed by atoms with Gasteiger partial charge in [-0.3, -0.25) is 10.1 Å². The summed E-state index contributed by atoms with van der Waals surface area (Å²) in [6.07, 6.45) is 0. The largest absolute Gasteiger partial charge is 0.378 e. The zero-order valence-corrected chi connectivity index (χ0v) is 12.1. The minimum Gasteiger partial charge on any atom is -0.378 e. The molecule has 1 N–H and O–H groups in total. The lowest BCUT2D eigenvalue weighted by Crippen LogP contribution is -2.05. The Labute approximate surface area is 120 Å². The highest BCUT2D eigenvalue weighted by Gasteiger charge is 2.12. The number of anilines is 1. The van der Waals surface area contributed by atoms with Gasteiger partial charge in [0.25, 0.3) is 5.69 Å². The van der Waals surface area contributed by atoms with Crippen LogP contribution in [0.2, 0.25) is 4.34 Å². The Morgan fingerprint density at radius 1 is 1.37 bits per heavy atom. The molecule has 100 valence electrons. The summed E-state index contributed by atoms with van der Waals surface area (Å²) in [6, 6.07) is 8.97. The van der Waals surface area contributed by atoms with E-state index in [-0.39, 0.29) is 16.7 Å². The van der Waals surface area contributed by atoms with E-state index in [2.05, 4.69) is 5.32 Å². The van der Waals surface area contributed by atoms with Crippen LogP contribution in [0.1, 0.15) is 23.4 Å². The Hall–Kier alpha value is -1.59. The maximum Gasteiger partial charge on any atom is 0.272 e. The third kappa shape index (κ3) is 3.24. The number of benzene rings is 1. The average molecular weight is 297 g/mol. The summed E-state index contributed by atoms with van der Waals surface area (Å²) in [4.78, 5) is 11.5. The van der Waals surface area contributed by atoms with E-state index < -0.39 is 0 Å². The van der Waals surface area contributed by atoms with Crippen molar-refractivity contribution in [3.63, 3.8) is 0 Å². The Balaban J connectivity index is 2.15. The van der Waals surface area contributed by atoms with Crippen molar-refractivity contribution < 1.29 is 4.92 Å². The summed E-state index contributed by atoms with van der Waals surface area (Å²) in [5.41, 5.74) is 1.64. The van der Waals surface area contributed by atoms with E-state index >= 15 is 0 Å². The van der Waals surface area contributed by atoms with Crippen LogP contribution in [-0.2, 0) is 0 Å². The van der Waals surface area contributed by atoms with Gasteiger partial charge in [0.05, 0.1) is 15.3 Å². The molecule has 0 spiro atoms. The fourth-order valence-electron chi connectivity index (χ4n) is 1.83. The van der Waals surface area contributed by atoms with Gasteiger partial charge < -0.3 is 5.32 Å². The third-order valence-corrected chi connectivity index (χ3v) is 4.21. The van der Waals surface area contributed by atoms with Crippen molar-refractivity contribution in [2.75, 3.05) is 5.32 Å². The normalized spacial score (nSPS) is 12.2. The average Bonchev–Trinajstić information content (AvgIpc) is 2.75. The van der Waals surface area contributed by atoms with Gasteiger partial charge >= 0.3 is 0 Å². The first-order valence-electron chi connectivity index (χ1n) is 5.74. The molecule has 1 aromatic carbocycles. The van der Waals surface area contributed by atoms with E-state index in [1.54, 1.807) is 19.1 Å². The molecule has 2 aromatic rings. The standard InChI is InChI=1S/C13H13ClN2O2S/c1-8-7-10(3-4-11(8)16(17)18)15-9(2)12-5-6-13(14)19-12/h3-7,9,15H,1-2H3. The van der Waals surface area contributed by atoms with E-state index in [4.69, 9.17) is 11.6 Å². The van der Waals surface area contributed by atoms with Crippen LogP contribution in [0, 0.1) is 17.0 Å². The van der Waals surface area contributed by atoms with E-state index in [0.717, 1.165) is 14.9 Å². The molecule has 1 unspecified atom stereocenters. The Kier molecular flexibility index (Phi) is 4.07. The van der Waals surface area contributed by atoms with Gasteiger partial charge in [-0.25, -0.2) is 0 Å². The van der Waals surface area contributed by atoms with Crippen molar-refractivity contribution in [2.24, 2.45) is 0 Å². The fourth-order valence-corrected chi connectivity index (χ4v) is 2.90. The smallest absolute Gasteiger partial charge is 0.272 e. The minimum atomic E-state index is -0.373. The monoisotopic (exact) mass is 296 g/mol. The lowest BCUT2D eigenvalue weighted by molar-refractivity contribution is -0.385. The molecule has 1 atom stereocenters. The summed E-state index contributed by atoms with van der Waals surface area (Å²) in [5, 5.41) is 14.1. The van der Waals surface area contributed by atoms with Crippen molar-refractivity contribution in [1.82, 2.24) is 0 Å². The van der Waals surface area contributed by atoms with Crippen LogP contribution in [0.3, 0.4) is 0 Å². The number of hydrogen-bond donors (Lipinski definition) is 1. The summed E-state index contributed by atoms with van der Waals surface area (Å²) in [5.74, 6) is 0. The van der Waals surface area contributed by atoms with Gasteiger partial charge in [0.2, 0.25) is 0 Å². The molecule has 2 rings (SSSR count). The highest BCUT2D eigenvalue weighted by atomic mass is 35.5. The summed E-state index contributed by atoms with van der Waals surface area (Å²) in [7, 11) is 0. The molecule has 0 amide bonds. The number of thiophene rings is 1. The number of nitrogens with one attached hydrogen (secondary N) is 1. The first kappa shape index (κ1) is 13.8. The molecule has 1 heterocycles. The SMILES string of the molecule is Cc1cc(NC(C)c2ccc(Cl)s2)ccc1[N+](=O)[O-]. The third-order valence-electron chi connectivity index (χ3n) is 2.80. The zero-order chi connectivity index (χ0) is 14.0. The predicted molar refractivity (Wildman–Crippen MR) is 79.2 cm³/mol. The molecule has 0 saturated carbocycles. The molecule has 0 radical (unpaired) electrons. The quantitative estimate of drug-likeness (QED) is 0.652. The molecule has 6 heteroatoms. The lowest BCUT2D eigenvalue weighted by Gasteiger charge is -2.14. The minimum absolute atomic E-state index is 0.110. The second-order valence-electron chi connectivity index (χ2n) is 4.27. The van der Waals surface area contributed by atoms with E-state index in [1.807, 2.05) is 19.1 Å². The number of nitro benzene ring substituents is 1. The molecule has 0 bridgehead atoms. The second kappa shape index (κ2) is 5.59. The summed E-state index contributed by atoms with van der Waals surface area (Å²) >= 11 is 7.43. The highest BCUT2D eigenvalue weighted by Crippen LogP contribution is 2.30. The highest BCUT2D eigenvalue weighted by molar-refractivity contribution is 7.16. The molecule has 0 aliphatic rings. The Morgan fingerprint density at radius 3 is 2.63 bits per heavy atom. The Bertz CT molecular complexity index is 612. The number of halogens is 1. The first-order chi connectivity index (χ1) is 8.97. The van der Waals surface area contributed by atoms with Crippen molar-refractivity contribution in [3.8, 4) is 0 Å². The van der Waals surface area contributed by atoms with Crippen LogP contribution in [0.4, 0.5) is 11.4 Å². The number of rotatable bonds is 4. The Morgan fingerprint density at radius 2 is 2.11 bits per heavy atom. The topological polar surface area (TPSA) is 55.2 Å². The van der Waals surface area contributed by atoms with E-state index in [1.165, 1.54) is 17.4 Å². The number of nitrogens with zero attached hydrogens (tertiary/aromatic N) is 1. The maximum atomic E-state index is 10.8. The second-order valence-corrected chi connectivity index (χ2v) is 6.01. The number of hydrogen-bond acceptors (Lipinski definition) is 4. The molecule has 0 aliphatic heterocycles. The van der Waals surface area contributed by atoms with Crippen LogP contribution in [0.25, 0.3) is 0 Å². The van der Waals surface area contributed by atoms with Gasteiger partial charge in [0, 0.05) is 22.2 Å². The fraction of sp³-hybridized carbons (Fsp3) is 0.231. The summed E-state index contributed by atoms with van der Waals surface area (Å²) < 4.78 is 0.753. The molecule has 0 aliphatic carbocycles. The summed E-state index contributed by atoms with van der Waals surface area (Å²) in [6.45, 7) is 3.76. The van der Waals surface area contributed by atoms with Crippen molar-refractivity contribution in [1.29, 1.82) is 0 Å². The lowest BCUT2D eigenvalue weighted by atomic mass is 10.1. The van der Waals surface area contributed by atoms with Crippen LogP contribution < -0.4 is 5.32 Å². The molecule has 0 saturated heterocycles. The maximum absolute atomic E-state index is 10.8. The van der Waals surface area contributed by atoms with Gasteiger partial charge in [0.15, 0.2) is 0 Å². The van der Waals surface area contributed by atoms with Crippen molar-refractivity contribution >= 4 is 34.3 Å². The van der Waals surface area contributed by atoms with E-state index in [9.17, 15) is 10.1 Å². The molecule has 0 fully saturated rings. The van der Waals surface area contributed by atoms with Gasteiger partial charge in [0.1, 0.15) is 0 Å². The molecule has 1 aromatic heterocycles. The van der Waals surface area contributed by atoms with Gasteiger partial charge in [-0.1, -0.05) is 11.6 Å². The van der Waals surface area contributed by atoms with Gasteiger partial charge in [-0.2, -0.15) is 0 Å². The first-order valence-corrected chi connectivity index (χ1v) is 6.93. The van der Waals surface area contributed by atoms with Crippen molar-refractivity contribution in [3.05, 3.63) is 55.2 Å². The predicted octanol–water partition coefficient (Wildman–Crippen LogP) is 4.79. The van der Waals surface area contributed by atoms with Gasteiger partial charge in [-0.05, 0) is 38.1 Å². The molecular formula is C13H13ClN2O2S. The number of aryl methyl sites for hydroxylation is 1.